The van der Waals surface area contributed by atoms with E-state index in [1.54, 1.807) is 0 Å². The summed E-state index contributed by atoms with van der Waals surface area (Å²) < 4.78 is 1.06. The summed E-state index contributed by atoms with van der Waals surface area (Å²) in [6, 6.07) is 18.5. The van der Waals surface area contributed by atoms with Crippen LogP contribution in [0.15, 0.2) is 63.9 Å². The first-order valence-electron chi connectivity index (χ1n) is 7.28. The number of nitrogens with one attached hydrogen (secondary N) is 1. The number of aromatic nitrogens is 1. The lowest BCUT2D eigenvalue weighted by Gasteiger charge is -2.05. The number of H-pyrrole nitrogens is 1. The first-order chi connectivity index (χ1) is 10.7. The van der Waals surface area contributed by atoms with Gasteiger partial charge in [0.2, 0.25) is 0 Å². The smallest absolute Gasteiger partial charge is 0.256 e. The summed E-state index contributed by atoms with van der Waals surface area (Å²) in [6.07, 6.45) is 1.58. The van der Waals surface area contributed by atoms with E-state index in [1.807, 2.05) is 30.3 Å². The Morgan fingerprint density at radius 1 is 1.00 bits per heavy atom. The summed E-state index contributed by atoms with van der Waals surface area (Å²) in [7, 11) is 0. The molecule has 0 atom stereocenters. The summed E-state index contributed by atoms with van der Waals surface area (Å²) in [5, 5.41) is 0. The molecule has 1 heterocycles. The van der Waals surface area contributed by atoms with Crippen LogP contribution < -0.4 is 5.56 Å². The van der Waals surface area contributed by atoms with Crippen molar-refractivity contribution in [3.8, 4) is 11.1 Å². The van der Waals surface area contributed by atoms with Crippen LogP contribution in [0.2, 0.25) is 0 Å². The Morgan fingerprint density at radius 2 is 1.82 bits per heavy atom. The minimum absolute atomic E-state index is 0.0181. The lowest BCUT2D eigenvalue weighted by Crippen LogP contribution is -2.12. The van der Waals surface area contributed by atoms with E-state index in [1.165, 1.54) is 11.1 Å². The molecular weight excluding hydrogens is 338 g/mol. The molecule has 0 fully saturated rings. The summed E-state index contributed by atoms with van der Waals surface area (Å²) >= 11 is 3.50. The molecule has 1 aliphatic carbocycles. The summed E-state index contributed by atoms with van der Waals surface area (Å²) in [6.45, 7) is 0. The average Bonchev–Trinajstić information content (AvgIpc) is 2.85. The summed E-state index contributed by atoms with van der Waals surface area (Å²) in [4.78, 5) is 15.5. The predicted octanol–water partition coefficient (Wildman–Crippen LogP) is 4.30. The van der Waals surface area contributed by atoms with Crippen molar-refractivity contribution in [1.29, 1.82) is 0 Å². The Balaban J connectivity index is 1.77. The molecule has 22 heavy (non-hydrogen) atoms. The highest BCUT2D eigenvalue weighted by atomic mass is 79.9. The molecular formula is C19H14BrNO. The summed E-state index contributed by atoms with van der Waals surface area (Å²) in [5.41, 5.74) is 6.43. The van der Waals surface area contributed by atoms with Crippen LogP contribution in [0.1, 0.15) is 22.4 Å². The molecule has 0 aliphatic heterocycles. The van der Waals surface area contributed by atoms with Gasteiger partial charge in [0.05, 0.1) is 5.56 Å². The highest BCUT2D eigenvalue weighted by Gasteiger charge is 2.22. The summed E-state index contributed by atoms with van der Waals surface area (Å²) in [5.74, 6) is 0. The maximum atomic E-state index is 12.5. The second-order valence-electron chi connectivity index (χ2n) is 5.66. The molecule has 0 saturated carbocycles. The van der Waals surface area contributed by atoms with Crippen molar-refractivity contribution in [2.75, 3.05) is 0 Å². The van der Waals surface area contributed by atoms with E-state index in [2.05, 4.69) is 45.2 Å². The number of halogens is 1. The number of aromatic amines is 1. The van der Waals surface area contributed by atoms with Gasteiger partial charge in [-0.25, -0.2) is 0 Å². The van der Waals surface area contributed by atoms with Crippen molar-refractivity contribution in [2.45, 2.75) is 12.8 Å². The second kappa shape index (κ2) is 5.25. The minimum Gasteiger partial charge on any atom is -0.325 e. The molecule has 1 aromatic heterocycles. The van der Waals surface area contributed by atoms with Gasteiger partial charge in [0.1, 0.15) is 0 Å². The minimum atomic E-state index is 0.0181. The monoisotopic (exact) mass is 351 g/mol. The van der Waals surface area contributed by atoms with Gasteiger partial charge < -0.3 is 4.98 Å². The zero-order valence-corrected chi connectivity index (χ0v) is 13.5. The van der Waals surface area contributed by atoms with Gasteiger partial charge in [-0.15, -0.1) is 0 Å². The lowest BCUT2D eigenvalue weighted by atomic mass is 10.0. The third-order valence-corrected chi connectivity index (χ3v) is 4.62. The Hall–Kier alpha value is -2.13. The molecule has 3 aromatic rings. The second-order valence-corrected chi connectivity index (χ2v) is 6.58. The molecule has 4 rings (SSSR count). The zero-order chi connectivity index (χ0) is 15.1. The van der Waals surface area contributed by atoms with E-state index in [0.29, 0.717) is 0 Å². The Kier molecular flexibility index (Phi) is 3.23. The number of benzene rings is 2. The maximum absolute atomic E-state index is 12.5. The number of pyridine rings is 1. The van der Waals surface area contributed by atoms with E-state index in [-0.39, 0.29) is 5.56 Å². The van der Waals surface area contributed by atoms with E-state index in [4.69, 9.17) is 0 Å². The van der Waals surface area contributed by atoms with Crippen LogP contribution >= 0.6 is 15.9 Å². The van der Waals surface area contributed by atoms with Crippen molar-refractivity contribution in [1.82, 2.24) is 4.98 Å². The molecule has 1 N–H and O–H groups in total. The van der Waals surface area contributed by atoms with Gasteiger partial charge in [0, 0.05) is 16.6 Å². The normalized spacial score (nSPS) is 12.0. The third-order valence-electron chi connectivity index (χ3n) is 4.13. The number of hydrogen-bond acceptors (Lipinski definition) is 1. The first-order valence-corrected chi connectivity index (χ1v) is 8.08. The van der Waals surface area contributed by atoms with Gasteiger partial charge >= 0.3 is 0 Å². The highest BCUT2D eigenvalue weighted by molar-refractivity contribution is 9.10. The SMILES string of the molecule is O=c1[nH]c(Cc2ccccc2)cc2c1-c1ccc(Br)cc1C2. The molecule has 2 aromatic carbocycles. The van der Waals surface area contributed by atoms with Crippen LogP contribution in [-0.2, 0) is 12.8 Å². The largest absolute Gasteiger partial charge is 0.325 e. The molecule has 0 spiro atoms. The molecule has 2 nitrogen and oxygen atoms in total. The Bertz CT molecular complexity index is 912. The highest BCUT2D eigenvalue weighted by Crippen LogP contribution is 2.35. The standard InChI is InChI=1S/C19H14BrNO/c20-15-6-7-17-13(10-15)9-14-11-16(21-19(22)18(14)17)8-12-4-2-1-3-5-12/h1-7,10-11H,8-9H2,(H,21,22). The average molecular weight is 352 g/mol. The van der Waals surface area contributed by atoms with E-state index >= 15 is 0 Å². The molecule has 1 aliphatic rings. The zero-order valence-electron chi connectivity index (χ0n) is 11.9. The predicted molar refractivity (Wildman–Crippen MR) is 92.3 cm³/mol. The molecule has 3 heteroatoms. The van der Waals surface area contributed by atoms with Crippen LogP contribution in [0, 0.1) is 0 Å². The Morgan fingerprint density at radius 3 is 2.64 bits per heavy atom. The Labute approximate surface area is 137 Å². The van der Waals surface area contributed by atoms with E-state index < -0.39 is 0 Å². The maximum Gasteiger partial charge on any atom is 0.256 e. The van der Waals surface area contributed by atoms with Crippen molar-refractivity contribution in [2.24, 2.45) is 0 Å². The number of fused-ring (bicyclic) bond motifs is 3. The van der Waals surface area contributed by atoms with E-state index in [0.717, 1.165) is 39.7 Å². The van der Waals surface area contributed by atoms with Crippen LogP contribution in [-0.4, -0.2) is 4.98 Å². The van der Waals surface area contributed by atoms with Crippen LogP contribution in [0.5, 0.6) is 0 Å². The van der Waals surface area contributed by atoms with Crippen molar-refractivity contribution in [3.63, 3.8) is 0 Å². The first kappa shape index (κ1) is 13.5. The van der Waals surface area contributed by atoms with Crippen LogP contribution in [0.25, 0.3) is 11.1 Å². The molecule has 0 radical (unpaired) electrons. The lowest BCUT2D eigenvalue weighted by molar-refractivity contribution is 1.03. The molecule has 0 bridgehead atoms. The molecule has 0 amide bonds. The van der Waals surface area contributed by atoms with Crippen LogP contribution in [0.4, 0.5) is 0 Å². The van der Waals surface area contributed by atoms with Gasteiger partial charge in [-0.3, -0.25) is 4.79 Å². The molecule has 108 valence electrons. The number of hydrogen-bond donors (Lipinski definition) is 1. The van der Waals surface area contributed by atoms with Gasteiger partial charge in [0.25, 0.3) is 5.56 Å². The third kappa shape index (κ3) is 2.32. The van der Waals surface area contributed by atoms with Crippen molar-refractivity contribution in [3.05, 3.63) is 91.8 Å². The molecule has 0 unspecified atom stereocenters. The van der Waals surface area contributed by atoms with Gasteiger partial charge in [-0.1, -0.05) is 52.3 Å². The van der Waals surface area contributed by atoms with Gasteiger partial charge in [-0.2, -0.15) is 0 Å². The fourth-order valence-electron chi connectivity index (χ4n) is 3.18. The van der Waals surface area contributed by atoms with Gasteiger partial charge in [-0.05, 0) is 46.9 Å². The fraction of sp³-hybridized carbons (Fsp3) is 0.105. The van der Waals surface area contributed by atoms with Crippen molar-refractivity contribution < 1.29 is 0 Å². The molecule has 0 saturated heterocycles. The topological polar surface area (TPSA) is 32.9 Å². The quantitative estimate of drug-likeness (QED) is 0.573. The van der Waals surface area contributed by atoms with E-state index in [9.17, 15) is 4.79 Å². The fourth-order valence-corrected chi connectivity index (χ4v) is 3.58. The van der Waals surface area contributed by atoms with Crippen molar-refractivity contribution >= 4 is 15.9 Å². The number of rotatable bonds is 2. The van der Waals surface area contributed by atoms with Crippen LogP contribution in [0.3, 0.4) is 0 Å². The van der Waals surface area contributed by atoms with Gasteiger partial charge in [0.15, 0.2) is 0 Å².